The van der Waals surface area contributed by atoms with E-state index in [9.17, 15) is 13.2 Å². The highest BCUT2D eigenvalue weighted by Crippen LogP contribution is 2.32. The predicted molar refractivity (Wildman–Crippen MR) is 81.4 cm³/mol. The van der Waals surface area contributed by atoms with E-state index in [0.717, 1.165) is 30.9 Å². The molecule has 1 nitrogen and oxygen atoms in total. The van der Waals surface area contributed by atoms with Crippen LogP contribution < -0.4 is 4.74 Å². The van der Waals surface area contributed by atoms with Crippen LogP contribution in [-0.4, -0.2) is 6.61 Å². The second-order valence-corrected chi connectivity index (χ2v) is 6.39. The van der Waals surface area contributed by atoms with Gasteiger partial charge in [0.25, 0.3) is 0 Å². The summed E-state index contributed by atoms with van der Waals surface area (Å²) in [5.74, 6) is -2.52. The van der Waals surface area contributed by atoms with Crippen LogP contribution in [0.25, 0.3) is 0 Å². The number of hydrogen-bond donors (Lipinski definition) is 0. The molecule has 1 aromatic rings. The Morgan fingerprint density at radius 2 is 1.55 bits per heavy atom. The van der Waals surface area contributed by atoms with Gasteiger partial charge in [-0.25, -0.2) is 13.2 Å². The highest BCUT2D eigenvalue weighted by molar-refractivity contribution is 5.25. The molecule has 0 N–H and O–H groups in total. The van der Waals surface area contributed by atoms with Gasteiger partial charge in [0.1, 0.15) is 5.75 Å². The Morgan fingerprint density at radius 1 is 0.955 bits per heavy atom. The zero-order chi connectivity index (χ0) is 15.9. The van der Waals surface area contributed by atoms with Gasteiger partial charge in [-0.1, -0.05) is 45.4 Å². The van der Waals surface area contributed by atoms with Gasteiger partial charge in [-0.05, 0) is 24.7 Å². The van der Waals surface area contributed by atoms with Gasteiger partial charge in [0.05, 0.1) is 6.61 Å². The summed E-state index contributed by atoms with van der Waals surface area (Å²) in [6, 6.07) is 1.82. The molecule has 1 aliphatic carbocycles. The Morgan fingerprint density at radius 3 is 2.14 bits per heavy atom. The fraction of sp³-hybridized carbons (Fsp3) is 0.667. The Balaban J connectivity index is 1.73. The molecule has 0 saturated heterocycles. The average Bonchev–Trinajstić information content (AvgIpc) is 2.52. The summed E-state index contributed by atoms with van der Waals surface area (Å²) >= 11 is 0. The summed E-state index contributed by atoms with van der Waals surface area (Å²) in [5, 5.41) is 0. The first kappa shape index (κ1) is 17.2. The molecule has 0 unspecified atom stereocenters. The molecule has 22 heavy (non-hydrogen) atoms. The van der Waals surface area contributed by atoms with E-state index >= 15 is 0 Å². The molecule has 0 aliphatic heterocycles. The molecule has 1 aliphatic rings. The fourth-order valence-corrected chi connectivity index (χ4v) is 3.20. The minimum absolute atomic E-state index is 0.0708. The van der Waals surface area contributed by atoms with Crippen LogP contribution >= 0.6 is 0 Å². The highest BCUT2D eigenvalue weighted by Gasteiger charge is 2.21. The van der Waals surface area contributed by atoms with Gasteiger partial charge in [0, 0.05) is 12.1 Å². The number of hydrogen-bond acceptors (Lipinski definition) is 1. The monoisotopic (exact) mass is 314 g/mol. The topological polar surface area (TPSA) is 9.23 Å². The Kier molecular flexibility index (Phi) is 6.59. The molecule has 1 fully saturated rings. The van der Waals surface area contributed by atoms with E-state index in [0.29, 0.717) is 12.5 Å². The molecule has 0 heterocycles. The predicted octanol–water partition coefficient (Wildman–Crippen LogP) is 5.87. The average molecular weight is 314 g/mol. The van der Waals surface area contributed by atoms with E-state index in [1.54, 1.807) is 0 Å². The lowest BCUT2D eigenvalue weighted by molar-refractivity contribution is 0.176. The molecule has 1 aromatic carbocycles. The smallest absolute Gasteiger partial charge is 0.194 e. The van der Waals surface area contributed by atoms with E-state index in [-0.39, 0.29) is 5.75 Å². The first-order valence-electron chi connectivity index (χ1n) is 8.37. The van der Waals surface area contributed by atoms with Gasteiger partial charge in [-0.3, -0.25) is 0 Å². The van der Waals surface area contributed by atoms with Crippen molar-refractivity contribution in [1.29, 1.82) is 0 Å². The van der Waals surface area contributed by atoms with Crippen molar-refractivity contribution in [1.82, 2.24) is 0 Å². The standard InChI is InChI=1S/C18H25F3O/c1-2-3-4-5-13-6-8-14(9-7-13)12-22-15-10-16(19)18(21)17(20)11-15/h10-11,13-14H,2-9,12H2,1H3. The molecule has 0 amide bonds. The molecule has 4 heteroatoms. The second-order valence-electron chi connectivity index (χ2n) is 6.39. The van der Waals surface area contributed by atoms with Gasteiger partial charge >= 0.3 is 0 Å². The minimum atomic E-state index is -1.44. The van der Waals surface area contributed by atoms with Gasteiger partial charge in [-0.2, -0.15) is 0 Å². The zero-order valence-corrected chi connectivity index (χ0v) is 13.2. The van der Waals surface area contributed by atoms with Crippen LogP contribution in [0, 0.1) is 29.3 Å². The van der Waals surface area contributed by atoms with Crippen LogP contribution in [0.3, 0.4) is 0 Å². The summed E-state index contributed by atoms with van der Waals surface area (Å²) in [6.07, 6.45) is 9.82. The minimum Gasteiger partial charge on any atom is -0.493 e. The zero-order valence-electron chi connectivity index (χ0n) is 13.2. The molecule has 0 atom stereocenters. The summed E-state index contributed by atoms with van der Waals surface area (Å²) in [7, 11) is 0. The largest absolute Gasteiger partial charge is 0.493 e. The SMILES string of the molecule is CCCCCC1CCC(COc2cc(F)c(F)c(F)c2)CC1. The van der Waals surface area contributed by atoms with Gasteiger partial charge in [-0.15, -0.1) is 0 Å². The molecular weight excluding hydrogens is 289 g/mol. The molecule has 1 saturated carbocycles. The maximum Gasteiger partial charge on any atom is 0.194 e. The van der Waals surface area contributed by atoms with E-state index in [4.69, 9.17) is 4.74 Å². The third-order valence-corrected chi connectivity index (χ3v) is 4.63. The van der Waals surface area contributed by atoms with Crippen molar-refractivity contribution < 1.29 is 17.9 Å². The summed E-state index contributed by atoms with van der Waals surface area (Å²) in [6.45, 7) is 2.67. The molecule has 0 radical (unpaired) electrons. The third kappa shape index (κ3) is 4.92. The fourth-order valence-electron chi connectivity index (χ4n) is 3.20. The van der Waals surface area contributed by atoms with Crippen LogP contribution in [0.4, 0.5) is 13.2 Å². The van der Waals surface area contributed by atoms with E-state index in [1.807, 2.05) is 0 Å². The van der Waals surface area contributed by atoms with Crippen molar-refractivity contribution in [2.45, 2.75) is 58.3 Å². The lowest BCUT2D eigenvalue weighted by atomic mass is 9.80. The molecule has 2 rings (SSSR count). The van der Waals surface area contributed by atoms with Crippen molar-refractivity contribution in [2.24, 2.45) is 11.8 Å². The van der Waals surface area contributed by atoms with Gasteiger partial charge in [0.15, 0.2) is 17.5 Å². The quantitative estimate of drug-likeness (QED) is 0.452. The number of halogens is 3. The van der Waals surface area contributed by atoms with Gasteiger partial charge in [0.2, 0.25) is 0 Å². The molecule has 0 bridgehead atoms. The van der Waals surface area contributed by atoms with Crippen molar-refractivity contribution in [3.8, 4) is 5.75 Å². The van der Waals surface area contributed by atoms with Crippen molar-refractivity contribution >= 4 is 0 Å². The van der Waals surface area contributed by atoms with Gasteiger partial charge < -0.3 is 4.74 Å². The highest BCUT2D eigenvalue weighted by atomic mass is 19.2. The van der Waals surface area contributed by atoms with Crippen molar-refractivity contribution in [3.05, 3.63) is 29.6 Å². The maximum absolute atomic E-state index is 13.1. The maximum atomic E-state index is 13.1. The lowest BCUT2D eigenvalue weighted by Gasteiger charge is -2.28. The number of ether oxygens (including phenoxy) is 1. The van der Waals surface area contributed by atoms with Crippen LogP contribution in [0.15, 0.2) is 12.1 Å². The molecule has 0 aromatic heterocycles. The first-order valence-corrected chi connectivity index (χ1v) is 8.37. The van der Waals surface area contributed by atoms with E-state index in [2.05, 4.69) is 6.92 Å². The Bertz CT molecular complexity index is 444. The summed E-state index contributed by atoms with van der Waals surface area (Å²) < 4.78 is 44.5. The third-order valence-electron chi connectivity index (χ3n) is 4.63. The number of unbranched alkanes of at least 4 members (excludes halogenated alkanes) is 2. The Hall–Kier alpha value is -1.19. The summed E-state index contributed by atoms with van der Waals surface area (Å²) in [5.41, 5.74) is 0. The molecular formula is C18H25F3O. The first-order chi connectivity index (χ1) is 10.6. The van der Waals surface area contributed by atoms with Crippen LogP contribution in [0.5, 0.6) is 5.75 Å². The molecule has 0 spiro atoms. The number of benzene rings is 1. The van der Waals surface area contributed by atoms with Crippen LogP contribution in [-0.2, 0) is 0 Å². The second kappa shape index (κ2) is 8.44. The summed E-state index contributed by atoms with van der Waals surface area (Å²) in [4.78, 5) is 0. The normalized spacial score (nSPS) is 21.8. The van der Waals surface area contributed by atoms with Crippen LogP contribution in [0.2, 0.25) is 0 Å². The van der Waals surface area contributed by atoms with E-state index in [1.165, 1.54) is 38.5 Å². The number of rotatable bonds is 7. The van der Waals surface area contributed by atoms with Crippen molar-refractivity contribution in [3.63, 3.8) is 0 Å². The van der Waals surface area contributed by atoms with Crippen molar-refractivity contribution in [2.75, 3.05) is 6.61 Å². The molecule has 124 valence electrons. The lowest BCUT2D eigenvalue weighted by Crippen LogP contribution is -2.20. The van der Waals surface area contributed by atoms with Crippen LogP contribution in [0.1, 0.15) is 58.3 Å². The Labute approximate surface area is 130 Å². The van der Waals surface area contributed by atoms with E-state index < -0.39 is 17.5 Å².